The van der Waals surface area contributed by atoms with E-state index in [4.69, 9.17) is 23.2 Å². The summed E-state index contributed by atoms with van der Waals surface area (Å²) in [5, 5.41) is 4.35. The van der Waals surface area contributed by atoms with Crippen LogP contribution in [0, 0.1) is 0 Å². The van der Waals surface area contributed by atoms with Crippen LogP contribution in [0.3, 0.4) is 0 Å². The first-order chi connectivity index (χ1) is 10.5. The van der Waals surface area contributed by atoms with Crippen LogP contribution in [-0.4, -0.2) is 30.6 Å². The van der Waals surface area contributed by atoms with Crippen LogP contribution in [0.15, 0.2) is 29.0 Å². The van der Waals surface area contributed by atoms with E-state index in [0.717, 1.165) is 5.01 Å². The molecule has 0 spiro atoms. The van der Waals surface area contributed by atoms with Gasteiger partial charge in [0.2, 0.25) is 0 Å². The maximum Gasteiger partial charge on any atom is 0.416 e. The Balaban J connectivity index is 2.51. The first-order valence-electron chi connectivity index (χ1n) is 6.37. The fourth-order valence-corrected chi connectivity index (χ4v) is 2.66. The smallest absolute Gasteiger partial charge is 0.383 e. The second-order valence-electron chi connectivity index (χ2n) is 5.10. The summed E-state index contributed by atoms with van der Waals surface area (Å²) >= 11 is 11.8. The van der Waals surface area contributed by atoms with Crippen molar-refractivity contribution in [3.63, 3.8) is 0 Å². The maximum atomic E-state index is 12.8. The van der Waals surface area contributed by atoms with Gasteiger partial charge in [0.05, 0.1) is 26.9 Å². The first-order valence-corrected chi connectivity index (χ1v) is 7.12. The predicted molar refractivity (Wildman–Crippen MR) is 83.8 cm³/mol. The zero-order valence-corrected chi connectivity index (χ0v) is 13.9. The molecule has 0 unspecified atom stereocenters. The molecule has 9 heteroatoms. The molecule has 0 saturated carbocycles. The third-order valence-corrected chi connectivity index (χ3v) is 3.58. The Morgan fingerprint density at radius 2 is 1.74 bits per heavy atom. The molecular formula is C14H12Cl2F3N3O. The Morgan fingerprint density at radius 3 is 2.17 bits per heavy atom. The zero-order valence-electron chi connectivity index (χ0n) is 12.4. The summed E-state index contributed by atoms with van der Waals surface area (Å²) in [4.78, 5) is 14.1. The van der Waals surface area contributed by atoms with Crippen LogP contribution in [0.5, 0.6) is 0 Å². The highest BCUT2D eigenvalue weighted by Gasteiger charge is 2.35. The summed E-state index contributed by atoms with van der Waals surface area (Å²) in [5.74, 6) is -0.514. The highest BCUT2D eigenvalue weighted by Crippen LogP contribution is 2.41. The lowest BCUT2D eigenvalue weighted by Gasteiger charge is -2.17. The van der Waals surface area contributed by atoms with Crippen LogP contribution in [0.2, 0.25) is 10.0 Å². The van der Waals surface area contributed by atoms with Crippen LogP contribution in [0.1, 0.15) is 12.5 Å². The Labute approximate surface area is 140 Å². The van der Waals surface area contributed by atoms with Crippen molar-refractivity contribution in [2.24, 2.45) is 5.10 Å². The van der Waals surface area contributed by atoms with E-state index in [1.165, 1.54) is 0 Å². The molecule has 0 saturated heterocycles. The quantitative estimate of drug-likeness (QED) is 0.737. The topological polar surface area (TPSA) is 35.9 Å². The van der Waals surface area contributed by atoms with Gasteiger partial charge in [-0.15, -0.1) is 0 Å². The monoisotopic (exact) mass is 365 g/mol. The molecule has 0 aliphatic carbocycles. The number of amides is 1. The Kier molecular flexibility index (Phi) is 4.64. The normalized spacial score (nSPS) is 17.0. The summed E-state index contributed by atoms with van der Waals surface area (Å²) in [6, 6.07) is 1.43. The predicted octanol–water partition coefficient (Wildman–Crippen LogP) is 4.18. The fraction of sp³-hybridized carbons (Fsp3) is 0.286. The van der Waals surface area contributed by atoms with Crippen LogP contribution < -0.4 is 5.01 Å². The van der Waals surface area contributed by atoms with E-state index < -0.39 is 17.6 Å². The van der Waals surface area contributed by atoms with Crippen LogP contribution in [0.25, 0.3) is 0 Å². The molecule has 0 N–H and O–H groups in total. The number of carbonyl (C=O) groups is 1. The molecule has 1 aliphatic heterocycles. The molecule has 124 valence electrons. The minimum atomic E-state index is -4.59. The number of alkyl halides is 3. The number of carbonyl (C=O) groups excluding carboxylic acids is 1. The van der Waals surface area contributed by atoms with E-state index in [1.54, 1.807) is 32.1 Å². The van der Waals surface area contributed by atoms with Gasteiger partial charge in [-0.25, -0.2) is 0 Å². The molecule has 1 heterocycles. The zero-order chi connectivity index (χ0) is 17.5. The molecule has 0 atom stereocenters. The molecule has 1 aliphatic rings. The Bertz CT molecular complexity index is 703. The van der Waals surface area contributed by atoms with Crippen molar-refractivity contribution >= 4 is 40.5 Å². The first kappa shape index (κ1) is 17.6. The number of hydrogen-bond donors (Lipinski definition) is 0. The third kappa shape index (κ3) is 3.45. The summed E-state index contributed by atoms with van der Waals surface area (Å²) < 4.78 is 38.3. The molecule has 2 rings (SSSR count). The van der Waals surface area contributed by atoms with Gasteiger partial charge in [-0.2, -0.15) is 23.3 Å². The van der Waals surface area contributed by atoms with Crippen molar-refractivity contribution in [1.82, 2.24) is 4.90 Å². The van der Waals surface area contributed by atoms with Crippen LogP contribution >= 0.6 is 23.2 Å². The molecule has 0 aromatic heterocycles. The molecule has 23 heavy (non-hydrogen) atoms. The van der Waals surface area contributed by atoms with Gasteiger partial charge in [-0.05, 0) is 19.1 Å². The minimum absolute atomic E-state index is 0.0761. The second-order valence-corrected chi connectivity index (χ2v) is 5.91. The van der Waals surface area contributed by atoms with E-state index in [0.29, 0.717) is 23.4 Å². The van der Waals surface area contributed by atoms with Crippen molar-refractivity contribution in [2.45, 2.75) is 13.1 Å². The number of benzene rings is 1. The molecule has 0 fully saturated rings. The van der Waals surface area contributed by atoms with Gasteiger partial charge in [0, 0.05) is 20.3 Å². The largest absolute Gasteiger partial charge is 0.416 e. The summed E-state index contributed by atoms with van der Waals surface area (Å²) in [6.45, 7) is 1.61. The molecule has 0 bridgehead atoms. The van der Waals surface area contributed by atoms with E-state index in [9.17, 15) is 18.0 Å². The van der Waals surface area contributed by atoms with E-state index in [1.807, 2.05) is 0 Å². The van der Waals surface area contributed by atoms with Crippen molar-refractivity contribution in [3.05, 3.63) is 39.5 Å². The minimum Gasteiger partial charge on any atom is -0.383 e. The van der Waals surface area contributed by atoms with Gasteiger partial charge in [-0.3, -0.25) is 4.79 Å². The molecular weight excluding hydrogens is 354 g/mol. The van der Waals surface area contributed by atoms with Gasteiger partial charge in [0.1, 0.15) is 5.69 Å². The lowest BCUT2D eigenvalue weighted by molar-refractivity contribution is -0.137. The molecule has 4 nitrogen and oxygen atoms in total. The van der Waals surface area contributed by atoms with E-state index in [2.05, 4.69) is 5.10 Å². The van der Waals surface area contributed by atoms with Gasteiger partial charge in [0.15, 0.2) is 0 Å². The highest BCUT2D eigenvalue weighted by atomic mass is 35.5. The van der Waals surface area contributed by atoms with E-state index in [-0.39, 0.29) is 15.7 Å². The molecule has 1 aromatic carbocycles. The number of hydrazone groups is 1. The highest BCUT2D eigenvalue weighted by molar-refractivity contribution is 6.41. The van der Waals surface area contributed by atoms with Crippen molar-refractivity contribution in [1.29, 1.82) is 0 Å². The SMILES string of the molecule is CC1=NN(c2c(Cl)cc(C(F)(F)F)cc2Cl)C(=O)/C1=C\N(C)C. The second kappa shape index (κ2) is 6.05. The summed E-state index contributed by atoms with van der Waals surface area (Å²) in [7, 11) is 3.46. The van der Waals surface area contributed by atoms with Crippen LogP contribution in [-0.2, 0) is 11.0 Å². The standard InChI is InChI=1S/C14H12Cl2F3N3O/c1-7-9(6-21(2)3)13(23)22(20-7)12-10(15)4-8(5-11(12)16)14(17,18)19/h4-6H,1-3H3/b9-6-. The summed E-state index contributed by atoms with van der Waals surface area (Å²) in [6.07, 6.45) is -3.02. The average molecular weight is 366 g/mol. The average Bonchev–Trinajstić information content (AvgIpc) is 2.64. The number of anilines is 1. The lowest BCUT2D eigenvalue weighted by Crippen LogP contribution is -2.23. The Morgan fingerprint density at radius 1 is 1.22 bits per heavy atom. The van der Waals surface area contributed by atoms with Crippen molar-refractivity contribution in [2.75, 3.05) is 19.1 Å². The van der Waals surface area contributed by atoms with Gasteiger partial charge in [0.25, 0.3) is 5.91 Å². The van der Waals surface area contributed by atoms with E-state index >= 15 is 0 Å². The van der Waals surface area contributed by atoms with Gasteiger partial charge in [-0.1, -0.05) is 23.2 Å². The molecule has 1 aromatic rings. The van der Waals surface area contributed by atoms with Crippen molar-refractivity contribution < 1.29 is 18.0 Å². The summed E-state index contributed by atoms with van der Waals surface area (Å²) in [5.41, 5.74) is -0.349. The molecule has 0 radical (unpaired) electrons. The fourth-order valence-electron chi connectivity index (χ4n) is 2.01. The maximum absolute atomic E-state index is 12.8. The molecule has 1 amide bonds. The number of hydrogen-bond acceptors (Lipinski definition) is 3. The third-order valence-electron chi connectivity index (χ3n) is 3.01. The van der Waals surface area contributed by atoms with Gasteiger partial charge < -0.3 is 4.90 Å². The Hall–Kier alpha value is -1.73. The van der Waals surface area contributed by atoms with Crippen LogP contribution in [0.4, 0.5) is 18.9 Å². The van der Waals surface area contributed by atoms with Gasteiger partial charge >= 0.3 is 6.18 Å². The number of halogens is 5. The number of nitrogens with zero attached hydrogens (tertiary/aromatic N) is 3. The number of rotatable bonds is 2. The lowest BCUT2D eigenvalue weighted by atomic mass is 10.1. The van der Waals surface area contributed by atoms with Crippen molar-refractivity contribution in [3.8, 4) is 0 Å².